The largest absolute Gasteiger partial charge is 0.435 e. The maximum absolute atomic E-state index is 12.2. The second-order valence-corrected chi connectivity index (χ2v) is 5.61. The highest BCUT2D eigenvalue weighted by molar-refractivity contribution is 5.94. The van der Waals surface area contributed by atoms with E-state index in [2.05, 4.69) is 15.2 Å². The number of rotatable bonds is 7. The first-order chi connectivity index (χ1) is 12.6. The SMILES string of the molecule is O=C(NCc1ccc(Cn2cccn2)cc1)c1cccc(OC(F)F)c1. The first-order valence-electron chi connectivity index (χ1n) is 7.98. The third kappa shape index (κ3) is 4.89. The lowest BCUT2D eigenvalue weighted by molar-refractivity contribution is -0.0498. The highest BCUT2D eigenvalue weighted by Gasteiger charge is 2.09. The van der Waals surface area contributed by atoms with Crippen LogP contribution in [-0.2, 0) is 13.1 Å². The lowest BCUT2D eigenvalue weighted by Crippen LogP contribution is -2.22. The van der Waals surface area contributed by atoms with Gasteiger partial charge >= 0.3 is 6.61 Å². The fourth-order valence-corrected chi connectivity index (χ4v) is 2.44. The maximum atomic E-state index is 12.2. The lowest BCUT2D eigenvalue weighted by Gasteiger charge is -2.09. The third-order valence-electron chi connectivity index (χ3n) is 3.70. The molecule has 3 rings (SSSR count). The number of amides is 1. The van der Waals surface area contributed by atoms with Crippen LogP contribution in [0.3, 0.4) is 0 Å². The van der Waals surface area contributed by atoms with Crippen molar-refractivity contribution in [1.82, 2.24) is 15.1 Å². The van der Waals surface area contributed by atoms with Crippen molar-refractivity contribution in [3.05, 3.63) is 83.7 Å². The minimum absolute atomic E-state index is 0.0457. The smallest absolute Gasteiger partial charge is 0.387 e. The van der Waals surface area contributed by atoms with Crippen molar-refractivity contribution in [2.24, 2.45) is 0 Å². The Labute approximate surface area is 149 Å². The number of benzene rings is 2. The monoisotopic (exact) mass is 357 g/mol. The molecule has 2 aromatic carbocycles. The summed E-state index contributed by atoms with van der Waals surface area (Å²) in [6.45, 7) is -1.91. The molecule has 0 aliphatic heterocycles. The molecule has 1 amide bonds. The zero-order valence-electron chi connectivity index (χ0n) is 13.8. The van der Waals surface area contributed by atoms with Crippen LogP contribution in [0.4, 0.5) is 8.78 Å². The van der Waals surface area contributed by atoms with E-state index in [9.17, 15) is 13.6 Å². The quantitative estimate of drug-likeness (QED) is 0.705. The number of aromatic nitrogens is 2. The molecular weight excluding hydrogens is 340 g/mol. The molecule has 0 radical (unpaired) electrons. The average molecular weight is 357 g/mol. The number of hydrogen-bond donors (Lipinski definition) is 1. The highest BCUT2D eigenvalue weighted by Crippen LogP contribution is 2.16. The van der Waals surface area contributed by atoms with Crippen LogP contribution in [0, 0.1) is 0 Å². The van der Waals surface area contributed by atoms with Crippen molar-refractivity contribution in [1.29, 1.82) is 0 Å². The van der Waals surface area contributed by atoms with Crippen LogP contribution in [0.1, 0.15) is 21.5 Å². The van der Waals surface area contributed by atoms with Crippen LogP contribution >= 0.6 is 0 Å². The van der Waals surface area contributed by atoms with Crippen molar-refractivity contribution in [3.8, 4) is 5.75 Å². The Morgan fingerprint density at radius 1 is 1.12 bits per heavy atom. The van der Waals surface area contributed by atoms with Gasteiger partial charge in [-0.25, -0.2) is 0 Å². The number of nitrogens with one attached hydrogen (secondary N) is 1. The van der Waals surface area contributed by atoms with Gasteiger partial charge in [0.25, 0.3) is 5.91 Å². The minimum atomic E-state index is -2.92. The zero-order valence-corrected chi connectivity index (χ0v) is 13.8. The van der Waals surface area contributed by atoms with Gasteiger partial charge in [0.1, 0.15) is 5.75 Å². The van der Waals surface area contributed by atoms with E-state index in [1.807, 2.05) is 41.2 Å². The summed E-state index contributed by atoms with van der Waals surface area (Å²) in [6.07, 6.45) is 3.62. The molecule has 5 nitrogen and oxygen atoms in total. The summed E-state index contributed by atoms with van der Waals surface area (Å²) in [5.74, 6) is -0.402. The number of carbonyl (C=O) groups excluding carboxylic acids is 1. The molecule has 7 heteroatoms. The van der Waals surface area contributed by atoms with Gasteiger partial charge in [0.05, 0.1) is 6.54 Å². The molecule has 26 heavy (non-hydrogen) atoms. The fourth-order valence-electron chi connectivity index (χ4n) is 2.44. The van der Waals surface area contributed by atoms with E-state index in [1.165, 1.54) is 18.2 Å². The first-order valence-corrected chi connectivity index (χ1v) is 7.98. The molecule has 0 fully saturated rings. The van der Waals surface area contributed by atoms with Gasteiger partial charge in [0.15, 0.2) is 0 Å². The number of alkyl halides is 2. The molecule has 0 atom stereocenters. The molecule has 1 aromatic heterocycles. The number of carbonyl (C=O) groups is 1. The Balaban J connectivity index is 1.55. The van der Waals surface area contributed by atoms with Gasteiger partial charge in [-0.2, -0.15) is 13.9 Å². The lowest BCUT2D eigenvalue weighted by atomic mass is 10.1. The van der Waals surface area contributed by atoms with E-state index in [0.29, 0.717) is 13.1 Å². The summed E-state index contributed by atoms with van der Waals surface area (Å²) >= 11 is 0. The van der Waals surface area contributed by atoms with Gasteiger partial charge in [-0.1, -0.05) is 30.3 Å². The Kier molecular flexibility index (Phi) is 5.58. The van der Waals surface area contributed by atoms with Crippen molar-refractivity contribution < 1.29 is 18.3 Å². The third-order valence-corrected chi connectivity index (χ3v) is 3.70. The van der Waals surface area contributed by atoms with Crippen LogP contribution in [0.25, 0.3) is 0 Å². The Hall–Kier alpha value is -3.22. The predicted molar refractivity (Wildman–Crippen MR) is 92.0 cm³/mol. The van der Waals surface area contributed by atoms with E-state index in [0.717, 1.165) is 11.1 Å². The molecule has 0 spiro atoms. The van der Waals surface area contributed by atoms with Gasteiger partial charge in [-0.05, 0) is 35.4 Å². The van der Waals surface area contributed by atoms with Gasteiger partial charge < -0.3 is 10.1 Å². The van der Waals surface area contributed by atoms with Crippen LogP contribution in [0.5, 0.6) is 5.75 Å². The van der Waals surface area contributed by atoms with Gasteiger partial charge in [0.2, 0.25) is 0 Å². The van der Waals surface area contributed by atoms with Crippen LogP contribution in [0.2, 0.25) is 0 Å². The summed E-state index contributed by atoms with van der Waals surface area (Å²) in [4.78, 5) is 12.2. The van der Waals surface area contributed by atoms with Crippen molar-refractivity contribution in [3.63, 3.8) is 0 Å². The Bertz CT molecular complexity index is 849. The molecule has 0 saturated heterocycles. The molecule has 3 aromatic rings. The van der Waals surface area contributed by atoms with E-state index >= 15 is 0 Å². The van der Waals surface area contributed by atoms with E-state index in [4.69, 9.17) is 0 Å². The molecule has 1 N–H and O–H groups in total. The summed E-state index contributed by atoms with van der Waals surface area (Å²) in [5, 5.41) is 6.92. The average Bonchev–Trinajstić information content (AvgIpc) is 3.13. The number of nitrogens with zero attached hydrogens (tertiary/aromatic N) is 2. The van der Waals surface area contributed by atoms with Crippen molar-refractivity contribution >= 4 is 5.91 Å². The first kappa shape index (κ1) is 17.6. The standard InChI is InChI=1S/C19H17F2N3O2/c20-19(21)26-17-4-1-3-16(11-17)18(25)22-12-14-5-7-15(8-6-14)13-24-10-2-9-23-24/h1-11,19H,12-13H2,(H,22,25). The second kappa shape index (κ2) is 8.24. The minimum Gasteiger partial charge on any atom is -0.435 e. The molecule has 0 aliphatic carbocycles. The second-order valence-electron chi connectivity index (χ2n) is 5.61. The molecular formula is C19H17F2N3O2. The maximum Gasteiger partial charge on any atom is 0.387 e. The van der Waals surface area contributed by atoms with Crippen LogP contribution in [-0.4, -0.2) is 22.3 Å². The van der Waals surface area contributed by atoms with Gasteiger partial charge in [0, 0.05) is 24.5 Å². The predicted octanol–water partition coefficient (Wildman–Crippen LogP) is 3.46. The molecule has 1 heterocycles. The molecule has 0 unspecified atom stereocenters. The highest BCUT2D eigenvalue weighted by atomic mass is 19.3. The fraction of sp³-hybridized carbons (Fsp3) is 0.158. The molecule has 0 bridgehead atoms. The van der Waals surface area contributed by atoms with Gasteiger partial charge in [-0.3, -0.25) is 9.48 Å². The number of hydrogen-bond acceptors (Lipinski definition) is 3. The summed E-state index contributed by atoms with van der Waals surface area (Å²) < 4.78 is 30.6. The molecule has 0 saturated carbocycles. The van der Waals surface area contributed by atoms with E-state index < -0.39 is 6.61 Å². The summed E-state index contributed by atoms with van der Waals surface area (Å²) in [6, 6.07) is 15.4. The van der Waals surface area contributed by atoms with E-state index in [-0.39, 0.29) is 17.2 Å². The van der Waals surface area contributed by atoms with Crippen LogP contribution < -0.4 is 10.1 Å². The zero-order chi connectivity index (χ0) is 18.4. The molecule has 134 valence electrons. The Morgan fingerprint density at radius 3 is 2.58 bits per heavy atom. The Morgan fingerprint density at radius 2 is 1.88 bits per heavy atom. The van der Waals surface area contributed by atoms with Crippen LogP contribution in [0.15, 0.2) is 67.0 Å². The summed E-state index contributed by atoms with van der Waals surface area (Å²) in [5.41, 5.74) is 2.29. The van der Waals surface area contributed by atoms with E-state index in [1.54, 1.807) is 12.3 Å². The van der Waals surface area contributed by atoms with Crippen molar-refractivity contribution in [2.75, 3.05) is 0 Å². The van der Waals surface area contributed by atoms with Crippen molar-refractivity contribution in [2.45, 2.75) is 19.7 Å². The summed E-state index contributed by atoms with van der Waals surface area (Å²) in [7, 11) is 0. The van der Waals surface area contributed by atoms with Gasteiger partial charge in [-0.15, -0.1) is 0 Å². The normalized spacial score (nSPS) is 10.7. The topological polar surface area (TPSA) is 56.2 Å². The number of halogens is 2. The number of ether oxygens (including phenoxy) is 1. The molecule has 0 aliphatic rings.